The van der Waals surface area contributed by atoms with Gasteiger partial charge in [0.05, 0.1) is 0 Å². The minimum atomic E-state index is -0.558. The predicted molar refractivity (Wildman–Crippen MR) is 192 cm³/mol. The Bertz CT molecular complexity index is 1290. The molecule has 8 atom stereocenters. The first-order valence-corrected chi connectivity index (χ1v) is 19.7. The summed E-state index contributed by atoms with van der Waals surface area (Å²) < 4.78 is 0. The zero-order valence-electron chi connectivity index (χ0n) is 31.2. The quantitative estimate of drug-likeness (QED) is 0.195. The number of nitrogens with one attached hydrogen (secondary N) is 2. The molecule has 48 heavy (non-hydrogen) atoms. The van der Waals surface area contributed by atoms with Crippen LogP contribution in [-0.2, 0) is 19.2 Å². The van der Waals surface area contributed by atoms with Gasteiger partial charge in [-0.25, -0.2) is 0 Å². The number of allylic oxidation sites excluding steroid dienone is 3. The molecule has 1 heterocycles. The van der Waals surface area contributed by atoms with Gasteiger partial charge in [0.2, 0.25) is 23.4 Å². The number of amides is 2. The first kappa shape index (κ1) is 36.8. The molecule has 0 aromatic heterocycles. The van der Waals surface area contributed by atoms with E-state index < -0.39 is 11.6 Å². The molecule has 2 N–H and O–H groups in total. The van der Waals surface area contributed by atoms with E-state index in [0.29, 0.717) is 48.9 Å². The lowest BCUT2D eigenvalue weighted by Gasteiger charge is -2.60. The largest absolute Gasteiger partial charge is 0.359 e. The molecule has 4 saturated carbocycles. The van der Waals surface area contributed by atoms with Crippen LogP contribution in [0.15, 0.2) is 23.4 Å². The summed E-state index contributed by atoms with van der Waals surface area (Å²) in [6.07, 6.45) is 20.7. The molecule has 0 aromatic carbocycles. The number of rotatable bonds is 9. The lowest BCUT2D eigenvalue weighted by Crippen LogP contribution is -2.58. The number of hydrogen-bond acceptors (Lipinski definition) is 5. The SMILES string of the molecule is CC.CC(C)(C)NC(=O)C1CCN1C1=CC(=O)C(=O)C=C1CCNC(=O)CCCC1CCC2[C@@H]3CCC4CCCC[C@]4(C)C3CC[C@]12C. The minimum Gasteiger partial charge on any atom is -0.359 e. The Morgan fingerprint density at radius 3 is 2.31 bits per heavy atom. The van der Waals surface area contributed by atoms with E-state index in [1.165, 1.54) is 76.4 Å². The third-order valence-corrected chi connectivity index (χ3v) is 13.7. The second-order valence-corrected chi connectivity index (χ2v) is 17.4. The number of carbonyl (C=O) groups is 4. The van der Waals surface area contributed by atoms with Gasteiger partial charge in [0.15, 0.2) is 0 Å². The molecule has 268 valence electrons. The molecule has 6 rings (SSSR count). The van der Waals surface area contributed by atoms with Gasteiger partial charge in [-0.3, -0.25) is 19.2 Å². The fourth-order valence-corrected chi connectivity index (χ4v) is 11.3. The highest BCUT2D eigenvalue weighted by Gasteiger charge is 2.59. The highest BCUT2D eigenvalue weighted by Crippen LogP contribution is 2.67. The van der Waals surface area contributed by atoms with Crippen molar-refractivity contribution in [2.45, 2.75) is 156 Å². The molecular weight excluding hydrogens is 598 g/mol. The van der Waals surface area contributed by atoms with E-state index in [0.717, 1.165) is 48.0 Å². The minimum absolute atomic E-state index is 0.0580. The Labute approximate surface area is 290 Å². The molecule has 7 nitrogen and oxygen atoms in total. The summed E-state index contributed by atoms with van der Waals surface area (Å²) >= 11 is 0. The molecule has 0 spiro atoms. The van der Waals surface area contributed by atoms with E-state index in [4.69, 9.17) is 0 Å². The molecule has 2 amide bonds. The Kier molecular flexibility index (Phi) is 11.4. The summed E-state index contributed by atoms with van der Waals surface area (Å²) in [6, 6.07) is -0.359. The van der Waals surface area contributed by atoms with Crippen LogP contribution < -0.4 is 10.6 Å². The fourth-order valence-electron chi connectivity index (χ4n) is 11.3. The summed E-state index contributed by atoms with van der Waals surface area (Å²) in [5, 5.41) is 6.10. The number of hydrogen-bond donors (Lipinski definition) is 2. The smallest absolute Gasteiger partial charge is 0.243 e. The van der Waals surface area contributed by atoms with Crippen LogP contribution in [0.3, 0.4) is 0 Å². The van der Waals surface area contributed by atoms with E-state index in [1.807, 2.05) is 39.5 Å². The Hall–Kier alpha value is -2.44. The van der Waals surface area contributed by atoms with E-state index >= 15 is 0 Å². The van der Waals surface area contributed by atoms with Crippen molar-refractivity contribution < 1.29 is 19.2 Å². The van der Waals surface area contributed by atoms with Gasteiger partial charge in [-0.15, -0.1) is 0 Å². The van der Waals surface area contributed by atoms with E-state index in [1.54, 1.807) is 0 Å². The van der Waals surface area contributed by atoms with Gasteiger partial charge in [0, 0.05) is 36.8 Å². The van der Waals surface area contributed by atoms with E-state index in [9.17, 15) is 19.2 Å². The molecule has 0 aromatic rings. The maximum absolute atomic E-state index is 12.9. The van der Waals surface area contributed by atoms with Gasteiger partial charge in [0.1, 0.15) is 6.04 Å². The van der Waals surface area contributed by atoms with E-state index in [2.05, 4.69) is 24.5 Å². The third-order valence-electron chi connectivity index (χ3n) is 13.7. The second kappa shape index (κ2) is 14.8. The standard InChI is InChI=1S/C39H59N3O4.C2H6/c1-37(2,3)41-36(46)31-18-22-42(31)32-24-34(44)33(43)23-25(32)17-21-40-35(45)11-8-10-27-13-15-29-28-14-12-26-9-6-7-19-38(26,4)30(28)16-20-39(27,29)5;1-2/h23-24,26-31H,6-22H2,1-5H3,(H,40,45)(H,41,46);1-2H3/t26?,27?,28-,29?,30?,31?,38-,39+;/m0./s1. The van der Waals surface area contributed by atoms with Crippen molar-refractivity contribution in [3.05, 3.63) is 23.4 Å². The Morgan fingerprint density at radius 2 is 1.60 bits per heavy atom. The van der Waals surface area contributed by atoms with E-state index in [-0.39, 0.29) is 23.4 Å². The normalized spacial score (nSPS) is 35.9. The topological polar surface area (TPSA) is 95.6 Å². The van der Waals surface area contributed by atoms with Crippen LogP contribution in [0.2, 0.25) is 0 Å². The monoisotopic (exact) mass is 663 g/mol. The molecule has 7 heteroatoms. The van der Waals surface area contributed by atoms with Crippen molar-refractivity contribution in [3.63, 3.8) is 0 Å². The molecule has 5 unspecified atom stereocenters. The number of fused-ring (bicyclic) bond motifs is 5. The number of likely N-dealkylation sites (tertiary alicyclic amines) is 1. The fraction of sp³-hybridized carbons (Fsp3) is 0.805. The average molecular weight is 664 g/mol. The zero-order chi connectivity index (χ0) is 34.9. The van der Waals surface area contributed by atoms with Gasteiger partial charge in [0.25, 0.3) is 0 Å². The zero-order valence-corrected chi connectivity index (χ0v) is 31.2. The first-order chi connectivity index (χ1) is 22.8. The first-order valence-electron chi connectivity index (χ1n) is 19.7. The second-order valence-electron chi connectivity index (χ2n) is 17.4. The number of nitrogens with zero attached hydrogens (tertiary/aromatic N) is 1. The summed E-state index contributed by atoms with van der Waals surface area (Å²) in [6.45, 7) is 16.2. The lowest BCUT2D eigenvalue weighted by atomic mass is 9.45. The van der Waals surface area contributed by atoms with Crippen LogP contribution in [0.4, 0.5) is 0 Å². The van der Waals surface area contributed by atoms with Crippen LogP contribution in [0.25, 0.3) is 0 Å². The van der Waals surface area contributed by atoms with Crippen molar-refractivity contribution in [1.82, 2.24) is 15.5 Å². The number of carbonyl (C=O) groups excluding carboxylic acids is 4. The highest BCUT2D eigenvalue weighted by molar-refractivity contribution is 6.46. The summed E-state index contributed by atoms with van der Waals surface area (Å²) in [7, 11) is 0. The van der Waals surface area contributed by atoms with Gasteiger partial charge >= 0.3 is 0 Å². The predicted octanol–water partition coefficient (Wildman–Crippen LogP) is 7.69. The Balaban J connectivity index is 0.00000221. The van der Waals surface area contributed by atoms with Crippen molar-refractivity contribution in [2.24, 2.45) is 40.4 Å². The summed E-state index contributed by atoms with van der Waals surface area (Å²) in [5.74, 6) is 3.31. The van der Waals surface area contributed by atoms with Crippen LogP contribution in [0.5, 0.6) is 0 Å². The van der Waals surface area contributed by atoms with Crippen LogP contribution >= 0.6 is 0 Å². The van der Waals surface area contributed by atoms with Crippen LogP contribution in [0, 0.1) is 40.4 Å². The summed E-state index contributed by atoms with van der Waals surface area (Å²) in [5.41, 5.74) is 2.04. The number of ketones is 2. The third kappa shape index (κ3) is 7.36. The Morgan fingerprint density at radius 1 is 0.875 bits per heavy atom. The maximum atomic E-state index is 12.9. The molecule has 0 bridgehead atoms. The van der Waals surface area contributed by atoms with Gasteiger partial charge in [-0.2, -0.15) is 0 Å². The van der Waals surface area contributed by atoms with Crippen LogP contribution in [0.1, 0.15) is 145 Å². The molecular formula is C41H65N3O4. The molecule has 1 saturated heterocycles. The van der Waals surface area contributed by atoms with Crippen molar-refractivity contribution >= 4 is 23.4 Å². The van der Waals surface area contributed by atoms with Gasteiger partial charge < -0.3 is 15.5 Å². The maximum Gasteiger partial charge on any atom is 0.243 e. The molecule has 5 fully saturated rings. The summed E-state index contributed by atoms with van der Waals surface area (Å²) in [4.78, 5) is 52.3. The molecule has 5 aliphatic carbocycles. The van der Waals surface area contributed by atoms with Crippen molar-refractivity contribution in [1.29, 1.82) is 0 Å². The average Bonchev–Trinajstić information content (AvgIpc) is 3.34. The molecule has 6 aliphatic rings. The van der Waals surface area contributed by atoms with Crippen molar-refractivity contribution in [3.8, 4) is 0 Å². The van der Waals surface area contributed by atoms with Crippen LogP contribution in [-0.4, -0.2) is 53.0 Å². The highest BCUT2D eigenvalue weighted by atomic mass is 16.2. The van der Waals surface area contributed by atoms with Gasteiger partial charge in [-0.05, 0) is 150 Å². The molecule has 1 aliphatic heterocycles. The van der Waals surface area contributed by atoms with Gasteiger partial charge in [-0.1, -0.05) is 40.5 Å². The molecule has 0 radical (unpaired) electrons. The van der Waals surface area contributed by atoms with Crippen molar-refractivity contribution in [2.75, 3.05) is 13.1 Å². The lowest BCUT2D eigenvalue weighted by molar-refractivity contribution is -0.132.